The van der Waals surface area contributed by atoms with Gasteiger partial charge >= 0.3 is 0 Å². The molecule has 1 aliphatic heterocycles. The number of carbonyl (C=O) groups is 2. The minimum absolute atomic E-state index is 0.121. The lowest BCUT2D eigenvalue weighted by atomic mass is 10.1. The van der Waals surface area contributed by atoms with Gasteiger partial charge in [0.1, 0.15) is 17.6 Å². The molecule has 2 aromatic rings. The number of nitrogens with zero attached hydrogens (tertiary/aromatic N) is 1. The number of hydrogen-bond acceptors (Lipinski definition) is 5. The Bertz CT molecular complexity index is 999. The van der Waals surface area contributed by atoms with E-state index in [0.29, 0.717) is 60.7 Å². The quantitative estimate of drug-likeness (QED) is 0.617. The lowest BCUT2D eigenvalue weighted by molar-refractivity contribution is -0.122. The van der Waals surface area contributed by atoms with E-state index >= 15 is 0 Å². The van der Waals surface area contributed by atoms with Crippen LogP contribution in [0.25, 0.3) is 11.4 Å². The van der Waals surface area contributed by atoms with E-state index in [4.69, 9.17) is 4.74 Å². The number of rotatable bonds is 8. The lowest BCUT2D eigenvalue weighted by Gasteiger charge is -2.15. The standard InChI is InChI=1S/C22H28N4O4/c1-4-11-30-18-9-7-13(23-22(29)17-8-10-19(27)24-17)12-15(18)20-25-16(6-3)14(5-2)21(28)26-20/h7,9,12,17H,4-6,8,10-11H2,1-3H3,(H,23,29)(H,24,27)(H,25,26,28). The summed E-state index contributed by atoms with van der Waals surface area (Å²) in [5.74, 6) is 0.596. The van der Waals surface area contributed by atoms with Crippen LogP contribution in [0.5, 0.6) is 5.75 Å². The summed E-state index contributed by atoms with van der Waals surface area (Å²) < 4.78 is 5.85. The predicted molar refractivity (Wildman–Crippen MR) is 115 cm³/mol. The van der Waals surface area contributed by atoms with Crippen molar-refractivity contribution in [3.05, 3.63) is 39.8 Å². The molecule has 1 saturated heterocycles. The summed E-state index contributed by atoms with van der Waals surface area (Å²) in [5.41, 5.74) is 2.41. The number of hydrogen-bond donors (Lipinski definition) is 3. The lowest BCUT2D eigenvalue weighted by Crippen LogP contribution is -2.37. The average Bonchev–Trinajstić information content (AvgIpc) is 3.18. The van der Waals surface area contributed by atoms with Crippen molar-refractivity contribution in [1.29, 1.82) is 0 Å². The molecule has 8 heteroatoms. The average molecular weight is 412 g/mol. The minimum atomic E-state index is -0.537. The molecular weight excluding hydrogens is 384 g/mol. The van der Waals surface area contributed by atoms with E-state index in [2.05, 4.69) is 20.6 Å². The van der Waals surface area contributed by atoms with Gasteiger partial charge in [0.2, 0.25) is 11.8 Å². The Morgan fingerprint density at radius 2 is 2.03 bits per heavy atom. The second kappa shape index (κ2) is 9.56. The summed E-state index contributed by atoms with van der Waals surface area (Å²) in [6.07, 6.45) is 2.90. The summed E-state index contributed by atoms with van der Waals surface area (Å²) >= 11 is 0. The number of aromatic amines is 1. The normalized spacial score (nSPS) is 15.7. The maximum atomic E-state index is 12.6. The molecule has 1 aromatic heterocycles. The van der Waals surface area contributed by atoms with Gasteiger partial charge in [-0.3, -0.25) is 14.4 Å². The Balaban J connectivity index is 1.97. The van der Waals surface area contributed by atoms with E-state index < -0.39 is 6.04 Å². The van der Waals surface area contributed by atoms with E-state index in [-0.39, 0.29) is 17.4 Å². The predicted octanol–water partition coefficient (Wildman–Crippen LogP) is 2.57. The van der Waals surface area contributed by atoms with Gasteiger partial charge in [0.05, 0.1) is 17.9 Å². The van der Waals surface area contributed by atoms with Crippen LogP contribution in [0.4, 0.5) is 5.69 Å². The fourth-order valence-electron chi connectivity index (χ4n) is 3.50. The number of nitrogens with one attached hydrogen (secondary N) is 3. The van der Waals surface area contributed by atoms with Crippen molar-refractivity contribution < 1.29 is 14.3 Å². The van der Waals surface area contributed by atoms with Gasteiger partial charge in [-0.1, -0.05) is 20.8 Å². The zero-order valence-electron chi connectivity index (χ0n) is 17.6. The second-order valence-corrected chi connectivity index (χ2v) is 7.25. The number of H-pyrrole nitrogens is 1. The van der Waals surface area contributed by atoms with E-state index in [9.17, 15) is 14.4 Å². The van der Waals surface area contributed by atoms with Crippen molar-refractivity contribution in [3.8, 4) is 17.1 Å². The molecule has 2 heterocycles. The smallest absolute Gasteiger partial charge is 0.254 e. The number of carbonyl (C=O) groups excluding carboxylic acids is 2. The Hall–Kier alpha value is -3.16. The maximum absolute atomic E-state index is 12.6. The van der Waals surface area contributed by atoms with Crippen LogP contribution in [0.2, 0.25) is 0 Å². The highest BCUT2D eigenvalue weighted by Crippen LogP contribution is 2.31. The summed E-state index contributed by atoms with van der Waals surface area (Å²) in [7, 11) is 0. The molecule has 8 nitrogen and oxygen atoms in total. The van der Waals surface area contributed by atoms with Gasteiger partial charge in [-0.15, -0.1) is 0 Å². The van der Waals surface area contributed by atoms with Crippen molar-refractivity contribution in [2.75, 3.05) is 11.9 Å². The highest BCUT2D eigenvalue weighted by Gasteiger charge is 2.27. The first kappa shape index (κ1) is 21.5. The number of anilines is 1. The van der Waals surface area contributed by atoms with Crippen LogP contribution in [0.1, 0.15) is 51.3 Å². The third-order valence-corrected chi connectivity index (χ3v) is 5.07. The summed E-state index contributed by atoms with van der Waals surface area (Å²) in [5, 5.41) is 5.49. The molecule has 1 aromatic carbocycles. The molecule has 0 aliphatic carbocycles. The molecule has 0 bridgehead atoms. The van der Waals surface area contributed by atoms with Crippen molar-refractivity contribution in [2.45, 2.75) is 58.9 Å². The fourth-order valence-corrected chi connectivity index (χ4v) is 3.50. The monoisotopic (exact) mass is 412 g/mol. The van der Waals surface area contributed by atoms with Gasteiger partial charge in [-0.2, -0.15) is 0 Å². The SMILES string of the molecule is CCCOc1ccc(NC(=O)C2CCC(=O)N2)cc1-c1nc(CC)c(CC)c(=O)[nH]1. The maximum Gasteiger partial charge on any atom is 0.254 e. The first-order valence-corrected chi connectivity index (χ1v) is 10.5. The minimum Gasteiger partial charge on any atom is -0.493 e. The first-order chi connectivity index (χ1) is 14.5. The highest BCUT2D eigenvalue weighted by molar-refractivity contribution is 5.99. The summed E-state index contributed by atoms with van der Waals surface area (Å²) in [4.78, 5) is 44.0. The van der Waals surface area contributed by atoms with Gasteiger partial charge in [0.25, 0.3) is 5.56 Å². The van der Waals surface area contributed by atoms with E-state index in [1.54, 1.807) is 18.2 Å². The van der Waals surface area contributed by atoms with Gasteiger partial charge < -0.3 is 20.4 Å². The summed E-state index contributed by atoms with van der Waals surface area (Å²) in [6.45, 7) is 6.42. The fraction of sp³-hybridized carbons (Fsp3) is 0.455. The van der Waals surface area contributed by atoms with Crippen molar-refractivity contribution in [1.82, 2.24) is 15.3 Å². The highest BCUT2D eigenvalue weighted by atomic mass is 16.5. The number of aryl methyl sites for hydroxylation is 1. The molecular formula is C22H28N4O4. The van der Waals surface area contributed by atoms with Crippen LogP contribution in [-0.2, 0) is 22.4 Å². The number of benzene rings is 1. The van der Waals surface area contributed by atoms with E-state index in [0.717, 1.165) is 12.1 Å². The molecule has 1 atom stereocenters. The number of aromatic nitrogens is 2. The van der Waals surface area contributed by atoms with Gasteiger partial charge in [-0.25, -0.2) is 4.98 Å². The topological polar surface area (TPSA) is 113 Å². The van der Waals surface area contributed by atoms with E-state index in [1.165, 1.54) is 0 Å². The third-order valence-electron chi connectivity index (χ3n) is 5.07. The van der Waals surface area contributed by atoms with Gasteiger partial charge in [0.15, 0.2) is 0 Å². The molecule has 2 amide bonds. The molecule has 3 N–H and O–H groups in total. The zero-order valence-corrected chi connectivity index (χ0v) is 17.6. The third kappa shape index (κ3) is 4.69. The van der Waals surface area contributed by atoms with Crippen LogP contribution in [0, 0.1) is 0 Å². The largest absolute Gasteiger partial charge is 0.493 e. The molecule has 160 valence electrons. The van der Waals surface area contributed by atoms with Gasteiger partial charge in [-0.05, 0) is 43.9 Å². The van der Waals surface area contributed by atoms with Crippen LogP contribution in [-0.4, -0.2) is 34.4 Å². The van der Waals surface area contributed by atoms with Crippen molar-refractivity contribution in [3.63, 3.8) is 0 Å². The Morgan fingerprint density at radius 3 is 2.67 bits per heavy atom. The number of amides is 2. The zero-order chi connectivity index (χ0) is 21.7. The molecule has 3 rings (SSSR count). The van der Waals surface area contributed by atoms with Crippen LogP contribution in [0.15, 0.2) is 23.0 Å². The molecule has 1 unspecified atom stereocenters. The molecule has 0 saturated carbocycles. The van der Waals surface area contributed by atoms with Crippen LogP contribution >= 0.6 is 0 Å². The van der Waals surface area contributed by atoms with Crippen LogP contribution in [0.3, 0.4) is 0 Å². The van der Waals surface area contributed by atoms with E-state index in [1.807, 2.05) is 20.8 Å². The molecule has 1 aliphatic rings. The van der Waals surface area contributed by atoms with Crippen molar-refractivity contribution >= 4 is 17.5 Å². The first-order valence-electron chi connectivity index (χ1n) is 10.5. The molecule has 1 fully saturated rings. The Kier molecular flexibility index (Phi) is 6.87. The van der Waals surface area contributed by atoms with Gasteiger partial charge in [0, 0.05) is 17.7 Å². The second-order valence-electron chi connectivity index (χ2n) is 7.25. The molecule has 30 heavy (non-hydrogen) atoms. The Labute approximate surface area is 175 Å². The number of ether oxygens (including phenoxy) is 1. The molecule has 0 spiro atoms. The molecule has 0 radical (unpaired) electrons. The summed E-state index contributed by atoms with van der Waals surface area (Å²) in [6, 6.07) is 4.70. The van der Waals surface area contributed by atoms with Crippen molar-refractivity contribution in [2.24, 2.45) is 0 Å². The Morgan fingerprint density at radius 1 is 1.23 bits per heavy atom. The van der Waals surface area contributed by atoms with Crippen LogP contribution < -0.4 is 20.9 Å².